The van der Waals surface area contributed by atoms with E-state index >= 15 is 0 Å². The SMILES string of the molecule is C=C1NC(=O)C/C1=C\c1cnn2c(Nc3ccccc3)nc(N3CCCOCC3)nc12. The molecule has 0 atom stereocenters. The molecule has 0 radical (unpaired) electrons. The first-order valence-corrected chi connectivity index (χ1v) is 10.3. The summed E-state index contributed by atoms with van der Waals surface area (Å²) in [4.78, 5) is 23.5. The second-order valence-electron chi connectivity index (χ2n) is 7.50. The number of nitrogens with zero attached hydrogens (tertiary/aromatic N) is 5. The van der Waals surface area contributed by atoms with Crippen molar-refractivity contribution in [1.29, 1.82) is 0 Å². The summed E-state index contributed by atoms with van der Waals surface area (Å²) >= 11 is 0. The predicted octanol–water partition coefficient (Wildman–Crippen LogP) is 2.51. The number of para-hydroxylation sites is 1. The highest BCUT2D eigenvalue weighted by molar-refractivity contribution is 5.89. The molecule has 2 saturated heterocycles. The van der Waals surface area contributed by atoms with Crippen molar-refractivity contribution in [2.24, 2.45) is 0 Å². The average Bonchev–Trinajstić information content (AvgIpc) is 3.18. The quantitative estimate of drug-likeness (QED) is 0.673. The normalized spacial score (nSPS) is 18.5. The number of benzene rings is 1. The largest absolute Gasteiger partial charge is 0.380 e. The molecule has 1 amide bonds. The first-order valence-electron chi connectivity index (χ1n) is 10.3. The standard InChI is InChI=1S/C22H23N7O2/c1-15-16(13-19(30)24-15)12-17-14-23-29-20(17)26-21(28-8-5-10-31-11-9-28)27-22(29)25-18-6-3-2-4-7-18/h2-4,6-7,12,14H,1,5,8-11,13H2,(H,24,30)(H,25,26,27)/b16-12+. The Hall–Kier alpha value is -3.72. The molecule has 2 N–H and O–H groups in total. The Balaban J connectivity index is 1.60. The van der Waals surface area contributed by atoms with Gasteiger partial charge in [-0.05, 0) is 30.2 Å². The third kappa shape index (κ3) is 3.99. The Morgan fingerprint density at radius 1 is 1.16 bits per heavy atom. The number of ether oxygens (including phenoxy) is 1. The smallest absolute Gasteiger partial charge is 0.233 e. The van der Waals surface area contributed by atoms with Crippen molar-refractivity contribution in [2.75, 3.05) is 36.5 Å². The molecular weight excluding hydrogens is 394 g/mol. The summed E-state index contributed by atoms with van der Waals surface area (Å²) in [7, 11) is 0. The fraction of sp³-hybridized carbons (Fsp3) is 0.273. The fourth-order valence-corrected chi connectivity index (χ4v) is 3.70. The summed E-state index contributed by atoms with van der Waals surface area (Å²) in [6, 6.07) is 9.83. The maximum Gasteiger partial charge on any atom is 0.233 e. The van der Waals surface area contributed by atoms with Crippen LogP contribution in [0.4, 0.5) is 17.6 Å². The lowest BCUT2D eigenvalue weighted by molar-refractivity contribution is -0.118. The highest BCUT2D eigenvalue weighted by atomic mass is 16.5. The Morgan fingerprint density at radius 2 is 2.03 bits per heavy atom. The number of allylic oxidation sites excluding steroid dienone is 1. The fourth-order valence-electron chi connectivity index (χ4n) is 3.70. The van der Waals surface area contributed by atoms with Crippen molar-refractivity contribution in [3.8, 4) is 0 Å². The van der Waals surface area contributed by atoms with Crippen molar-refractivity contribution in [2.45, 2.75) is 12.8 Å². The zero-order valence-corrected chi connectivity index (χ0v) is 17.0. The van der Waals surface area contributed by atoms with Gasteiger partial charge < -0.3 is 20.3 Å². The molecular formula is C22H23N7O2. The molecule has 31 heavy (non-hydrogen) atoms. The van der Waals surface area contributed by atoms with Gasteiger partial charge >= 0.3 is 0 Å². The van der Waals surface area contributed by atoms with Crippen LogP contribution in [-0.4, -0.2) is 51.8 Å². The van der Waals surface area contributed by atoms with E-state index in [-0.39, 0.29) is 5.91 Å². The summed E-state index contributed by atoms with van der Waals surface area (Å²) in [6.07, 6.45) is 4.86. The lowest BCUT2D eigenvalue weighted by atomic mass is 10.1. The van der Waals surface area contributed by atoms with Gasteiger partial charge in [-0.3, -0.25) is 4.79 Å². The predicted molar refractivity (Wildman–Crippen MR) is 118 cm³/mol. The van der Waals surface area contributed by atoms with Gasteiger partial charge in [0, 0.05) is 36.6 Å². The van der Waals surface area contributed by atoms with Crippen LogP contribution >= 0.6 is 0 Å². The van der Waals surface area contributed by atoms with Crippen LogP contribution in [-0.2, 0) is 9.53 Å². The Kier molecular flexibility index (Phi) is 5.09. The molecule has 2 aliphatic heterocycles. The van der Waals surface area contributed by atoms with Crippen LogP contribution in [0.2, 0.25) is 0 Å². The maximum atomic E-state index is 11.7. The molecule has 9 nitrogen and oxygen atoms in total. The first-order chi connectivity index (χ1) is 15.2. The van der Waals surface area contributed by atoms with Crippen LogP contribution < -0.4 is 15.5 Å². The molecule has 0 aliphatic carbocycles. The minimum atomic E-state index is -0.0564. The summed E-state index contributed by atoms with van der Waals surface area (Å²) in [5.74, 6) is 1.13. The molecule has 5 rings (SSSR count). The third-order valence-electron chi connectivity index (χ3n) is 5.28. The molecule has 3 aromatic rings. The van der Waals surface area contributed by atoms with E-state index in [1.807, 2.05) is 36.4 Å². The monoisotopic (exact) mass is 417 g/mol. The molecule has 0 bridgehead atoms. The van der Waals surface area contributed by atoms with E-state index < -0.39 is 0 Å². The van der Waals surface area contributed by atoms with Gasteiger partial charge in [0.25, 0.3) is 0 Å². The Bertz CT molecular complexity index is 1160. The minimum absolute atomic E-state index is 0.0564. The Labute approximate surface area is 179 Å². The van der Waals surface area contributed by atoms with Gasteiger partial charge in [0.2, 0.25) is 17.8 Å². The van der Waals surface area contributed by atoms with Crippen LogP contribution in [0.25, 0.3) is 11.7 Å². The van der Waals surface area contributed by atoms with Crippen LogP contribution in [0.15, 0.2) is 54.4 Å². The molecule has 4 heterocycles. The molecule has 0 unspecified atom stereocenters. The van der Waals surface area contributed by atoms with Crippen LogP contribution in [0.3, 0.4) is 0 Å². The second kappa shape index (κ2) is 8.19. The van der Waals surface area contributed by atoms with E-state index in [1.165, 1.54) is 0 Å². The van der Waals surface area contributed by atoms with E-state index in [2.05, 4.69) is 27.2 Å². The van der Waals surface area contributed by atoms with Gasteiger partial charge in [-0.25, -0.2) is 0 Å². The molecule has 9 heteroatoms. The molecule has 0 saturated carbocycles. The number of fused-ring (bicyclic) bond motifs is 1. The zero-order chi connectivity index (χ0) is 21.2. The first kappa shape index (κ1) is 19.3. The van der Waals surface area contributed by atoms with E-state index in [9.17, 15) is 4.79 Å². The van der Waals surface area contributed by atoms with E-state index in [0.717, 1.165) is 42.9 Å². The molecule has 158 valence electrons. The Morgan fingerprint density at radius 3 is 2.84 bits per heavy atom. The summed E-state index contributed by atoms with van der Waals surface area (Å²) < 4.78 is 7.28. The molecule has 2 aromatic heterocycles. The number of anilines is 3. The van der Waals surface area contributed by atoms with Crippen LogP contribution in [0, 0.1) is 0 Å². The number of carbonyl (C=O) groups excluding carboxylic acids is 1. The summed E-state index contributed by atoms with van der Waals surface area (Å²) in [5.41, 5.74) is 3.82. The lowest BCUT2D eigenvalue weighted by Gasteiger charge is -2.20. The highest BCUT2D eigenvalue weighted by Crippen LogP contribution is 2.26. The van der Waals surface area contributed by atoms with Crippen molar-refractivity contribution < 1.29 is 9.53 Å². The van der Waals surface area contributed by atoms with Crippen LogP contribution in [0.1, 0.15) is 18.4 Å². The minimum Gasteiger partial charge on any atom is -0.380 e. The third-order valence-corrected chi connectivity index (χ3v) is 5.28. The molecule has 0 spiro atoms. The van der Waals surface area contributed by atoms with Crippen molar-refractivity contribution in [1.82, 2.24) is 24.9 Å². The van der Waals surface area contributed by atoms with Gasteiger partial charge in [-0.15, -0.1) is 0 Å². The highest BCUT2D eigenvalue weighted by Gasteiger charge is 2.21. The van der Waals surface area contributed by atoms with E-state index in [4.69, 9.17) is 14.7 Å². The number of rotatable bonds is 4. The lowest BCUT2D eigenvalue weighted by Crippen LogP contribution is -2.28. The number of aromatic nitrogens is 4. The van der Waals surface area contributed by atoms with Crippen LogP contribution in [0.5, 0.6) is 0 Å². The number of hydrogen-bond donors (Lipinski definition) is 2. The molecule has 1 aromatic carbocycles. The number of carbonyl (C=O) groups is 1. The molecule has 2 aliphatic rings. The summed E-state index contributed by atoms with van der Waals surface area (Å²) in [6.45, 7) is 6.85. The summed E-state index contributed by atoms with van der Waals surface area (Å²) in [5, 5.41) is 10.6. The molecule has 2 fully saturated rings. The van der Waals surface area contributed by atoms with Crippen molar-refractivity contribution >= 4 is 35.2 Å². The van der Waals surface area contributed by atoms with Crippen molar-refractivity contribution in [3.63, 3.8) is 0 Å². The number of hydrogen-bond acceptors (Lipinski definition) is 7. The van der Waals surface area contributed by atoms with Gasteiger partial charge in [0.15, 0.2) is 5.65 Å². The van der Waals surface area contributed by atoms with E-state index in [1.54, 1.807) is 10.7 Å². The van der Waals surface area contributed by atoms with Gasteiger partial charge in [-0.2, -0.15) is 19.6 Å². The van der Waals surface area contributed by atoms with Gasteiger partial charge in [-0.1, -0.05) is 24.8 Å². The second-order valence-corrected chi connectivity index (χ2v) is 7.50. The number of nitrogens with one attached hydrogen (secondary N) is 2. The maximum absolute atomic E-state index is 11.7. The topological polar surface area (TPSA) is 96.7 Å². The van der Waals surface area contributed by atoms with Gasteiger partial charge in [0.1, 0.15) is 0 Å². The number of amides is 1. The average molecular weight is 417 g/mol. The zero-order valence-electron chi connectivity index (χ0n) is 17.0. The van der Waals surface area contributed by atoms with E-state index in [0.29, 0.717) is 36.3 Å². The van der Waals surface area contributed by atoms with Gasteiger partial charge in [0.05, 0.1) is 19.2 Å². The van der Waals surface area contributed by atoms with Crippen molar-refractivity contribution in [3.05, 3.63) is 59.9 Å².